The van der Waals surface area contributed by atoms with Crippen molar-refractivity contribution >= 4 is 5.91 Å². The summed E-state index contributed by atoms with van der Waals surface area (Å²) in [6.45, 7) is 11.2. The molecule has 0 radical (unpaired) electrons. The molecule has 1 heterocycles. The van der Waals surface area contributed by atoms with Crippen LogP contribution in [0.4, 0.5) is 0 Å². The third-order valence-electron chi connectivity index (χ3n) is 3.82. The van der Waals surface area contributed by atoms with Crippen LogP contribution in [0.25, 0.3) is 0 Å². The first kappa shape index (κ1) is 16.0. The summed E-state index contributed by atoms with van der Waals surface area (Å²) in [5.41, 5.74) is 1.98. The Balaban J connectivity index is 2.25. The number of carbonyl (C=O) groups is 1. The second-order valence-corrected chi connectivity index (χ2v) is 6.36. The van der Waals surface area contributed by atoms with E-state index in [0.29, 0.717) is 13.2 Å². The van der Waals surface area contributed by atoms with E-state index in [-0.39, 0.29) is 23.7 Å². The van der Waals surface area contributed by atoms with Gasteiger partial charge in [0.2, 0.25) is 5.91 Å². The van der Waals surface area contributed by atoms with E-state index in [1.54, 1.807) is 0 Å². The van der Waals surface area contributed by atoms with E-state index in [2.05, 4.69) is 30.4 Å². The number of aryl methyl sites for hydroxylation is 1. The van der Waals surface area contributed by atoms with E-state index in [1.807, 2.05) is 38.7 Å². The number of ether oxygens (including phenoxy) is 1. The van der Waals surface area contributed by atoms with E-state index < -0.39 is 0 Å². The molecule has 0 spiro atoms. The van der Waals surface area contributed by atoms with Crippen LogP contribution in [-0.4, -0.2) is 35.6 Å². The maximum Gasteiger partial charge on any atom is 0.241 e. The van der Waals surface area contributed by atoms with Gasteiger partial charge in [-0.1, -0.05) is 29.8 Å². The maximum atomic E-state index is 12.5. The van der Waals surface area contributed by atoms with Crippen LogP contribution in [0.5, 0.6) is 0 Å². The van der Waals surface area contributed by atoms with Gasteiger partial charge in [0.25, 0.3) is 0 Å². The topological polar surface area (TPSA) is 41.6 Å². The minimum absolute atomic E-state index is 0.0767. The van der Waals surface area contributed by atoms with Crippen molar-refractivity contribution in [2.24, 2.45) is 0 Å². The molecule has 4 nitrogen and oxygen atoms in total. The Kier molecular flexibility index (Phi) is 4.69. The Morgan fingerprint density at radius 3 is 2.71 bits per heavy atom. The molecule has 2 atom stereocenters. The average Bonchev–Trinajstić information content (AvgIpc) is 2.66. The van der Waals surface area contributed by atoms with Crippen molar-refractivity contribution in [2.75, 3.05) is 13.2 Å². The average molecular weight is 290 g/mol. The lowest BCUT2D eigenvalue weighted by molar-refractivity contribution is -0.134. The second kappa shape index (κ2) is 6.16. The first-order chi connectivity index (χ1) is 9.84. The number of hydrogen-bond donors (Lipinski definition) is 1. The summed E-state index contributed by atoms with van der Waals surface area (Å²) >= 11 is 0. The minimum Gasteiger partial charge on any atom is -0.374 e. The van der Waals surface area contributed by atoms with Crippen molar-refractivity contribution < 1.29 is 9.53 Å². The van der Waals surface area contributed by atoms with Gasteiger partial charge in [-0.05, 0) is 40.2 Å². The molecular weight excluding hydrogens is 264 g/mol. The molecule has 1 aromatic carbocycles. The Bertz CT molecular complexity index is 513. The summed E-state index contributed by atoms with van der Waals surface area (Å²) in [5, 5.41) is 3.38. The van der Waals surface area contributed by atoms with Gasteiger partial charge in [-0.2, -0.15) is 0 Å². The third kappa shape index (κ3) is 3.63. The smallest absolute Gasteiger partial charge is 0.241 e. The molecule has 1 saturated heterocycles. The van der Waals surface area contributed by atoms with Crippen LogP contribution in [-0.2, 0) is 9.53 Å². The summed E-state index contributed by atoms with van der Waals surface area (Å²) < 4.78 is 5.76. The second-order valence-electron chi connectivity index (χ2n) is 6.36. The van der Waals surface area contributed by atoms with E-state index in [4.69, 9.17) is 4.74 Å². The molecule has 1 aliphatic heterocycles. The van der Waals surface area contributed by atoms with Crippen LogP contribution in [0.15, 0.2) is 24.3 Å². The SMILES string of the molecule is CCOC(C)(C)CN1C(=O)C(C)NC1c1cccc(C)c1. The molecular formula is C17H26N2O2. The van der Waals surface area contributed by atoms with Crippen LogP contribution in [0, 0.1) is 6.92 Å². The Morgan fingerprint density at radius 2 is 2.10 bits per heavy atom. The molecule has 0 aromatic heterocycles. The largest absolute Gasteiger partial charge is 0.374 e. The number of rotatable bonds is 5. The highest BCUT2D eigenvalue weighted by Gasteiger charge is 2.39. The molecule has 1 fully saturated rings. The number of hydrogen-bond acceptors (Lipinski definition) is 3. The lowest BCUT2D eigenvalue weighted by Gasteiger charge is -2.33. The quantitative estimate of drug-likeness (QED) is 0.906. The maximum absolute atomic E-state index is 12.5. The normalized spacial score (nSPS) is 22.9. The molecule has 1 N–H and O–H groups in total. The Labute approximate surface area is 127 Å². The molecule has 1 aliphatic rings. The molecule has 1 amide bonds. The first-order valence-corrected chi connectivity index (χ1v) is 7.61. The number of nitrogens with zero attached hydrogens (tertiary/aromatic N) is 1. The molecule has 2 rings (SSSR count). The molecule has 0 saturated carbocycles. The monoisotopic (exact) mass is 290 g/mol. The Hall–Kier alpha value is -1.39. The van der Waals surface area contributed by atoms with E-state index >= 15 is 0 Å². The molecule has 4 heteroatoms. The van der Waals surface area contributed by atoms with E-state index in [0.717, 1.165) is 5.56 Å². The van der Waals surface area contributed by atoms with Crippen LogP contribution < -0.4 is 5.32 Å². The van der Waals surface area contributed by atoms with E-state index in [1.165, 1.54) is 5.56 Å². The highest BCUT2D eigenvalue weighted by molar-refractivity contribution is 5.84. The lowest BCUT2D eigenvalue weighted by atomic mass is 10.1. The summed E-state index contributed by atoms with van der Waals surface area (Å²) in [7, 11) is 0. The van der Waals surface area contributed by atoms with Gasteiger partial charge in [0.1, 0.15) is 6.17 Å². The van der Waals surface area contributed by atoms with Crippen molar-refractivity contribution in [3.63, 3.8) is 0 Å². The zero-order chi connectivity index (χ0) is 15.6. The first-order valence-electron chi connectivity index (χ1n) is 7.61. The van der Waals surface area contributed by atoms with Gasteiger partial charge >= 0.3 is 0 Å². The zero-order valence-electron chi connectivity index (χ0n) is 13.6. The number of carbonyl (C=O) groups excluding carboxylic acids is 1. The summed E-state index contributed by atoms with van der Waals surface area (Å²) in [6.07, 6.45) is -0.0767. The highest BCUT2D eigenvalue weighted by atomic mass is 16.5. The minimum atomic E-state index is -0.349. The molecule has 2 unspecified atom stereocenters. The fraction of sp³-hybridized carbons (Fsp3) is 0.588. The van der Waals surface area contributed by atoms with E-state index in [9.17, 15) is 4.79 Å². The number of benzene rings is 1. The van der Waals surface area contributed by atoms with Crippen LogP contribution in [0.2, 0.25) is 0 Å². The fourth-order valence-electron chi connectivity index (χ4n) is 2.91. The summed E-state index contributed by atoms with van der Waals surface area (Å²) in [4.78, 5) is 14.4. The zero-order valence-corrected chi connectivity index (χ0v) is 13.6. The van der Waals surface area contributed by atoms with Crippen molar-refractivity contribution in [1.82, 2.24) is 10.2 Å². The predicted molar refractivity (Wildman–Crippen MR) is 83.9 cm³/mol. The lowest BCUT2D eigenvalue weighted by Crippen LogP contribution is -2.43. The molecule has 116 valence electrons. The van der Waals surface area contributed by atoms with Crippen molar-refractivity contribution in [1.29, 1.82) is 0 Å². The molecule has 0 bridgehead atoms. The van der Waals surface area contributed by atoms with Crippen molar-refractivity contribution in [3.05, 3.63) is 35.4 Å². The van der Waals surface area contributed by atoms with Gasteiger partial charge in [-0.15, -0.1) is 0 Å². The summed E-state index contributed by atoms with van der Waals surface area (Å²) in [5.74, 6) is 0.134. The van der Waals surface area contributed by atoms with Crippen LogP contribution >= 0.6 is 0 Å². The Morgan fingerprint density at radius 1 is 1.38 bits per heavy atom. The van der Waals surface area contributed by atoms with Crippen molar-refractivity contribution in [3.8, 4) is 0 Å². The van der Waals surface area contributed by atoms with Gasteiger partial charge < -0.3 is 9.64 Å². The molecule has 0 aliphatic carbocycles. The van der Waals surface area contributed by atoms with Gasteiger partial charge in [0.15, 0.2) is 0 Å². The van der Waals surface area contributed by atoms with Crippen LogP contribution in [0.1, 0.15) is 45.0 Å². The number of amides is 1. The molecule has 1 aromatic rings. The number of nitrogens with one attached hydrogen (secondary N) is 1. The fourth-order valence-corrected chi connectivity index (χ4v) is 2.91. The van der Waals surface area contributed by atoms with Gasteiger partial charge in [0, 0.05) is 6.61 Å². The predicted octanol–water partition coefficient (Wildman–Crippen LogP) is 2.63. The third-order valence-corrected chi connectivity index (χ3v) is 3.82. The van der Waals surface area contributed by atoms with Crippen molar-refractivity contribution in [2.45, 2.75) is 52.4 Å². The van der Waals surface area contributed by atoms with Gasteiger partial charge in [0.05, 0.1) is 18.2 Å². The summed E-state index contributed by atoms with van der Waals surface area (Å²) in [6, 6.07) is 8.14. The van der Waals surface area contributed by atoms with Crippen LogP contribution in [0.3, 0.4) is 0 Å². The molecule has 21 heavy (non-hydrogen) atoms. The standard InChI is InChI=1S/C17H26N2O2/c1-6-21-17(4,5)11-19-15(18-13(3)16(19)20)14-9-7-8-12(2)10-14/h7-10,13,15,18H,6,11H2,1-5H3. The highest BCUT2D eigenvalue weighted by Crippen LogP contribution is 2.28. The van der Waals surface area contributed by atoms with Gasteiger partial charge in [-0.3, -0.25) is 10.1 Å². The van der Waals surface area contributed by atoms with Gasteiger partial charge in [-0.25, -0.2) is 0 Å².